The van der Waals surface area contributed by atoms with Gasteiger partial charge in [0.15, 0.2) is 5.72 Å². The van der Waals surface area contributed by atoms with Crippen molar-refractivity contribution in [3.63, 3.8) is 0 Å². The highest BCUT2D eigenvalue weighted by Gasteiger charge is 2.52. The molecule has 0 amide bonds. The second-order valence-electron chi connectivity index (χ2n) is 4.53. The lowest BCUT2D eigenvalue weighted by atomic mass is 10.0. The number of rotatable bonds is 2. The first-order chi connectivity index (χ1) is 8.40. The summed E-state index contributed by atoms with van der Waals surface area (Å²) in [5, 5.41) is 19.9. The minimum Gasteiger partial charge on any atom is -0.388 e. The molecule has 3 N–H and O–H groups in total. The second kappa shape index (κ2) is 4.34. The average molecular weight is 256 g/mol. The largest absolute Gasteiger partial charge is 0.388 e. The van der Waals surface area contributed by atoms with Crippen LogP contribution in [-0.4, -0.2) is 38.1 Å². The summed E-state index contributed by atoms with van der Waals surface area (Å²) in [6.45, 7) is 3.30. The molecule has 1 aromatic heterocycles. The second-order valence-corrected chi connectivity index (χ2v) is 4.53. The van der Waals surface area contributed by atoms with Crippen LogP contribution >= 0.6 is 0 Å². The first kappa shape index (κ1) is 13.0. The molecule has 1 saturated heterocycles. The van der Waals surface area contributed by atoms with Crippen LogP contribution in [0.15, 0.2) is 21.9 Å². The van der Waals surface area contributed by atoms with Crippen molar-refractivity contribution in [2.75, 3.05) is 0 Å². The van der Waals surface area contributed by atoms with Crippen LogP contribution in [0.25, 0.3) is 0 Å². The summed E-state index contributed by atoms with van der Waals surface area (Å²) in [5.74, 6) is 0. The maximum Gasteiger partial charge on any atom is 0.330 e. The molecule has 4 atom stereocenters. The van der Waals surface area contributed by atoms with E-state index < -0.39 is 35.3 Å². The lowest BCUT2D eigenvalue weighted by Crippen LogP contribution is -2.49. The smallest absolute Gasteiger partial charge is 0.330 e. The van der Waals surface area contributed by atoms with Gasteiger partial charge in [-0.25, -0.2) is 4.79 Å². The van der Waals surface area contributed by atoms with Gasteiger partial charge in [0.2, 0.25) is 0 Å². The number of aliphatic hydroxyl groups excluding tert-OH is 2. The Morgan fingerprint density at radius 1 is 1.50 bits per heavy atom. The topological polar surface area (TPSA) is 105 Å². The third kappa shape index (κ3) is 1.80. The van der Waals surface area contributed by atoms with E-state index in [1.807, 2.05) is 6.92 Å². The van der Waals surface area contributed by atoms with Gasteiger partial charge in [0.1, 0.15) is 12.2 Å². The van der Waals surface area contributed by atoms with Gasteiger partial charge >= 0.3 is 5.69 Å². The van der Waals surface area contributed by atoms with E-state index in [1.54, 1.807) is 0 Å². The molecule has 0 bridgehead atoms. The Kier molecular flexibility index (Phi) is 3.14. The molecule has 1 fully saturated rings. The minimum atomic E-state index is -1.39. The van der Waals surface area contributed by atoms with Gasteiger partial charge in [-0.1, -0.05) is 6.92 Å². The minimum absolute atomic E-state index is 0.506. The predicted molar refractivity (Wildman–Crippen MR) is 62.1 cm³/mol. The summed E-state index contributed by atoms with van der Waals surface area (Å²) < 4.78 is 6.65. The lowest BCUT2D eigenvalue weighted by molar-refractivity contribution is -0.130. The fraction of sp³-hybridized carbons (Fsp3) is 0.636. The van der Waals surface area contributed by atoms with E-state index in [-0.39, 0.29) is 0 Å². The zero-order chi connectivity index (χ0) is 13.5. The molecule has 0 aromatic carbocycles. The number of ether oxygens (including phenoxy) is 1. The number of hydrogen-bond donors (Lipinski definition) is 3. The van der Waals surface area contributed by atoms with Crippen molar-refractivity contribution >= 4 is 0 Å². The Labute approximate surface area is 103 Å². The van der Waals surface area contributed by atoms with Gasteiger partial charge in [0.25, 0.3) is 5.56 Å². The van der Waals surface area contributed by atoms with E-state index in [4.69, 9.17) is 4.74 Å². The zero-order valence-corrected chi connectivity index (χ0v) is 10.2. The van der Waals surface area contributed by atoms with Crippen LogP contribution in [0.3, 0.4) is 0 Å². The Morgan fingerprint density at radius 3 is 2.67 bits per heavy atom. The number of H-pyrrole nitrogens is 1. The van der Waals surface area contributed by atoms with Gasteiger partial charge in [-0.2, -0.15) is 0 Å². The average Bonchev–Trinajstić information content (AvgIpc) is 2.54. The molecule has 0 saturated carbocycles. The summed E-state index contributed by atoms with van der Waals surface area (Å²) in [6, 6.07) is 1.16. The van der Waals surface area contributed by atoms with Crippen molar-refractivity contribution < 1.29 is 14.9 Å². The standard InChI is InChI=1S/C11H16N2O5/c1-3-6-8(15)9(16)11(2,18-6)13-5-4-7(14)12-10(13)17/h4-6,8-9,15-16H,3H2,1-2H3,(H,12,14,17)/t6-,8-,9-,11-/m1/s1. The first-order valence-corrected chi connectivity index (χ1v) is 5.76. The zero-order valence-electron chi connectivity index (χ0n) is 10.2. The normalized spacial score (nSPS) is 35.9. The summed E-state index contributed by atoms with van der Waals surface area (Å²) in [4.78, 5) is 24.8. The monoisotopic (exact) mass is 256 g/mol. The number of nitrogens with zero attached hydrogens (tertiary/aromatic N) is 1. The molecule has 0 spiro atoms. The number of aromatic amines is 1. The van der Waals surface area contributed by atoms with Gasteiger partial charge in [0.05, 0.1) is 6.10 Å². The molecule has 7 nitrogen and oxygen atoms in total. The van der Waals surface area contributed by atoms with E-state index in [0.717, 1.165) is 10.6 Å². The summed E-state index contributed by atoms with van der Waals surface area (Å²) in [7, 11) is 0. The summed E-state index contributed by atoms with van der Waals surface area (Å²) >= 11 is 0. The Hall–Kier alpha value is -1.44. The molecule has 0 aliphatic carbocycles. The lowest BCUT2D eigenvalue weighted by Gasteiger charge is -2.29. The van der Waals surface area contributed by atoms with Crippen molar-refractivity contribution in [3.8, 4) is 0 Å². The number of aromatic nitrogens is 2. The van der Waals surface area contributed by atoms with E-state index in [9.17, 15) is 19.8 Å². The van der Waals surface area contributed by atoms with Crippen LogP contribution in [0.1, 0.15) is 20.3 Å². The Bertz CT molecular complexity index is 551. The van der Waals surface area contributed by atoms with Crippen LogP contribution in [0.5, 0.6) is 0 Å². The van der Waals surface area contributed by atoms with Gasteiger partial charge in [-0.05, 0) is 13.3 Å². The molecular formula is C11H16N2O5. The van der Waals surface area contributed by atoms with Crippen molar-refractivity contribution in [2.24, 2.45) is 0 Å². The van der Waals surface area contributed by atoms with E-state index in [0.29, 0.717) is 6.42 Å². The first-order valence-electron chi connectivity index (χ1n) is 5.76. The molecule has 1 aromatic rings. The van der Waals surface area contributed by atoms with Crippen LogP contribution in [-0.2, 0) is 10.5 Å². The fourth-order valence-electron chi connectivity index (χ4n) is 2.26. The summed E-state index contributed by atoms with van der Waals surface area (Å²) in [5.41, 5.74) is -2.60. The van der Waals surface area contributed by atoms with Gasteiger partial charge in [-0.3, -0.25) is 14.3 Å². The molecular weight excluding hydrogens is 240 g/mol. The molecule has 2 rings (SSSR count). The molecule has 1 aliphatic rings. The van der Waals surface area contributed by atoms with E-state index in [1.165, 1.54) is 13.1 Å². The van der Waals surface area contributed by atoms with Crippen molar-refractivity contribution in [2.45, 2.75) is 44.3 Å². The van der Waals surface area contributed by atoms with Crippen LogP contribution < -0.4 is 11.2 Å². The van der Waals surface area contributed by atoms with Crippen molar-refractivity contribution in [3.05, 3.63) is 33.1 Å². The van der Waals surface area contributed by atoms with Crippen LogP contribution in [0.2, 0.25) is 0 Å². The highest BCUT2D eigenvalue weighted by Crippen LogP contribution is 2.35. The number of aliphatic hydroxyl groups is 2. The molecule has 0 unspecified atom stereocenters. The third-order valence-electron chi connectivity index (χ3n) is 3.35. The molecule has 100 valence electrons. The molecule has 1 aliphatic heterocycles. The van der Waals surface area contributed by atoms with Crippen molar-refractivity contribution in [1.29, 1.82) is 0 Å². The Balaban J connectivity index is 2.49. The molecule has 0 radical (unpaired) electrons. The quantitative estimate of drug-likeness (QED) is 0.612. The highest BCUT2D eigenvalue weighted by molar-refractivity contribution is 4.99. The molecule has 7 heteroatoms. The fourth-order valence-corrected chi connectivity index (χ4v) is 2.26. The van der Waals surface area contributed by atoms with Gasteiger partial charge < -0.3 is 14.9 Å². The van der Waals surface area contributed by atoms with Crippen LogP contribution in [0.4, 0.5) is 0 Å². The van der Waals surface area contributed by atoms with Gasteiger partial charge in [0, 0.05) is 12.3 Å². The highest BCUT2D eigenvalue weighted by atomic mass is 16.6. The van der Waals surface area contributed by atoms with E-state index >= 15 is 0 Å². The molecule has 2 heterocycles. The predicted octanol–water partition coefficient (Wildman–Crippen LogP) is -1.26. The maximum absolute atomic E-state index is 11.7. The third-order valence-corrected chi connectivity index (χ3v) is 3.35. The number of hydrogen-bond acceptors (Lipinski definition) is 5. The van der Waals surface area contributed by atoms with Crippen LogP contribution in [0, 0.1) is 0 Å². The van der Waals surface area contributed by atoms with E-state index in [2.05, 4.69) is 4.98 Å². The SMILES string of the molecule is CC[C@H]1O[C@@](C)(n2ccc(=O)[nH]c2=O)[C@H](O)[C@@H]1O. The molecule has 18 heavy (non-hydrogen) atoms. The number of nitrogens with one attached hydrogen (secondary N) is 1. The maximum atomic E-state index is 11.7. The van der Waals surface area contributed by atoms with Gasteiger partial charge in [-0.15, -0.1) is 0 Å². The summed E-state index contributed by atoms with van der Waals surface area (Å²) in [6.07, 6.45) is -1.12. The van der Waals surface area contributed by atoms with Crippen molar-refractivity contribution in [1.82, 2.24) is 9.55 Å². The Morgan fingerprint density at radius 2 is 2.17 bits per heavy atom.